The lowest BCUT2D eigenvalue weighted by atomic mass is 9.91. The van der Waals surface area contributed by atoms with Gasteiger partial charge in [-0.2, -0.15) is 0 Å². The molecule has 0 fully saturated rings. The zero-order valence-corrected chi connectivity index (χ0v) is 24.8. The lowest BCUT2D eigenvalue weighted by Gasteiger charge is -2.16. The highest BCUT2D eigenvalue weighted by Gasteiger charge is 2.27. The average Bonchev–Trinajstić information content (AvgIpc) is 3.49. The monoisotopic (exact) mass is 573 g/mol. The van der Waals surface area contributed by atoms with Gasteiger partial charge in [-0.05, 0) is 56.3 Å². The molecule has 0 atom stereocenters. The Balaban J connectivity index is 1.46. The summed E-state index contributed by atoms with van der Waals surface area (Å²) in [5.41, 5.74) is 13.1. The molecular weight excluding hydrogens is 542 g/mol. The Labute approximate surface area is 264 Å². The molecule has 0 aliphatic heterocycles. The van der Waals surface area contributed by atoms with E-state index in [-0.39, 0.29) is 0 Å². The van der Waals surface area contributed by atoms with Crippen LogP contribution in [0.2, 0.25) is 0 Å². The number of aromatic nitrogens is 1. The molecule has 0 aliphatic carbocycles. The Morgan fingerprint density at radius 2 is 0.711 bits per heavy atom. The van der Waals surface area contributed by atoms with E-state index in [0.29, 0.717) is 0 Å². The molecule has 45 heavy (non-hydrogen) atoms. The molecule has 0 unspecified atom stereocenters. The van der Waals surface area contributed by atoms with Crippen molar-refractivity contribution in [2.75, 3.05) is 0 Å². The minimum Gasteiger partial charge on any atom is -0.308 e. The fraction of sp³-hybridized carbons (Fsp3) is 0. The first-order chi connectivity index (χ1) is 22.4. The fourth-order valence-electron chi connectivity index (χ4n) is 6.61. The third kappa shape index (κ3) is 4.85. The number of para-hydroxylation sites is 1. The van der Waals surface area contributed by atoms with Crippen molar-refractivity contribution in [3.8, 4) is 61.6 Å². The minimum atomic E-state index is 1.13. The molecule has 7 aromatic carbocycles. The van der Waals surface area contributed by atoms with Gasteiger partial charge in [0.2, 0.25) is 0 Å². The SMILES string of the molecule is c1ccc(-c2c(-c3ccccc3)c(-c3ccc(-c4cccc5ccccc45)cc3)n(-c3ccccc3)c2-c2ccccc2)cc1. The maximum absolute atomic E-state index is 2.47. The van der Waals surface area contributed by atoms with Gasteiger partial charge in [-0.3, -0.25) is 0 Å². The molecule has 0 bridgehead atoms. The van der Waals surface area contributed by atoms with E-state index in [1.807, 2.05) is 0 Å². The van der Waals surface area contributed by atoms with Crippen molar-refractivity contribution in [1.29, 1.82) is 0 Å². The molecule has 0 aliphatic rings. The minimum absolute atomic E-state index is 1.13. The molecule has 0 radical (unpaired) electrons. The zero-order valence-electron chi connectivity index (χ0n) is 24.8. The molecule has 8 aromatic rings. The van der Waals surface area contributed by atoms with E-state index in [1.165, 1.54) is 66.7 Å². The second-order valence-electron chi connectivity index (χ2n) is 11.3. The van der Waals surface area contributed by atoms with Crippen LogP contribution in [0.1, 0.15) is 0 Å². The summed E-state index contributed by atoms with van der Waals surface area (Å²) in [6, 6.07) is 67.6. The van der Waals surface area contributed by atoms with Gasteiger partial charge < -0.3 is 4.57 Å². The third-order valence-corrected chi connectivity index (χ3v) is 8.62. The first-order valence-corrected chi connectivity index (χ1v) is 15.5. The highest BCUT2D eigenvalue weighted by Crippen LogP contribution is 2.50. The number of fused-ring (bicyclic) bond motifs is 1. The molecule has 1 heteroatoms. The van der Waals surface area contributed by atoms with Crippen LogP contribution in [0.5, 0.6) is 0 Å². The van der Waals surface area contributed by atoms with E-state index in [1.54, 1.807) is 0 Å². The van der Waals surface area contributed by atoms with E-state index in [2.05, 4.69) is 193 Å². The van der Waals surface area contributed by atoms with E-state index in [9.17, 15) is 0 Å². The van der Waals surface area contributed by atoms with Gasteiger partial charge in [0.15, 0.2) is 0 Å². The maximum Gasteiger partial charge on any atom is 0.0619 e. The standard InChI is InChI=1S/C44H31N/c1-5-17-34(18-6-1)41-42(35-19-7-2-8-20-35)44(45(38-24-11-4-12-25-38)43(41)36-21-9-3-10-22-36)37-30-28-33(29-31-37)40-27-15-23-32-16-13-14-26-39(32)40/h1-31H. The summed E-state index contributed by atoms with van der Waals surface area (Å²) in [7, 11) is 0. The quantitative estimate of drug-likeness (QED) is 0.186. The smallest absolute Gasteiger partial charge is 0.0619 e. The van der Waals surface area contributed by atoms with Gasteiger partial charge in [0.1, 0.15) is 0 Å². The Kier molecular flexibility index (Phi) is 6.90. The number of nitrogens with zero attached hydrogens (tertiary/aromatic N) is 1. The number of rotatable bonds is 6. The third-order valence-electron chi connectivity index (χ3n) is 8.62. The molecule has 0 saturated carbocycles. The van der Waals surface area contributed by atoms with Crippen LogP contribution in [0.25, 0.3) is 72.4 Å². The first-order valence-electron chi connectivity index (χ1n) is 15.5. The van der Waals surface area contributed by atoms with Crippen molar-refractivity contribution in [3.05, 3.63) is 188 Å². The molecule has 1 aromatic heterocycles. The normalized spacial score (nSPS) is 11.1. The van der Waals surface area contributed by atoms with E-state index < -0.39 is 0 Å². The van der Waals surface area contributed by atoms with Crippen molar-refractivity contribution in [3.63, 3.8) is 0 Å². The summed E-state index contributed by atoms with van der Waals surface area (Å²) in [5, 5.41) is 2.52. The highest BCUT2D eigenvalue weighted by molar-refractivity contribution is 6.03. The zero-order chi connectivity index (χ0) is 30.0. The molecule has 1 nitrogen and oxygen atoms in total. The first kappa shape index (κ1) is 26.7. The summed E-state index contributed by atoms with van der Waals surface area (Å²) in [6.07, 6.45) is 0. The Bertz CT molecular complexity index is 2110. The van der Waals surface area contributed by atoms with Crippen LogP contribution in [-0.2, 0) is 0 Å². The second-order valence-corrected chi connectivity index (χ2v) is 11.3. The van der Waals surface area contributed by atoms with Crippen molar-refractivity contribution < 1.29 is 0 Å². The van der Waals surface area contributed by atoms with E-state index in [4.69, 9.17) is 0 Å². The highest BCUT2D eigenvalue weighted by atomic mass is 15.0. The van der Waals surface area contributed by atoms with Crippen LogP contribution in [0.4, 0.5) is 0 Å². The van der Waals surface area contributed by atoms with Crippen LogP contribution in [-0.4, -0.2) is 4.57 Å². The lowest BCUT2D eigenvalue weighted by Crippen LogP contribution is -2.00. The summed E-state index contributed by atoms with van der Waals surface area (Å²) >= 11 is 0. The second kappa shape index (κ2) is 11.6. The van der Waals surface area contributed by atoms with E-state index >= 15 is 0 Å². The topological polar surface area (TPSA) is 4.93 Å². The summed E-state index contributed by atoms with van der Waals surface area (Å²) < 4.78 is 2.47. The molecule has 0 saturated heterocycles. The van der Waals surface area contributed by atoms with Gasteiger partial charge >= 0.3 is 0 Å². The number of benzene rings is 7. The van der Waals surface area contributed by atoms with Crippen LogP contribution in [0, 0.1) is 0 Å². The van der Waals surface area contributed by atoms with Crippen molar-refractivity contribution in [1.82, 2.24) is 4.57 Å². The van der Waals surface area contributed by atoms with Gasteiger partial charge in [-0.1, -0.05) is 176 Å². The Hall–Kier alpha value is -5.92. The average molecular weight is 574 g/mol. The largest absolute Gasteiger partial charge is 0.308 e. The van der Waals surface area contributed by atoms with Crippen LogP contribution < -0.4 is 0 Å². The number of hydrogen-bond acceptors (Lipinski definition) is 0. The van der Waals surface area contributed by atoms with Gasteiger partial charge in [-0.15, -0.1) is 0 Å². The molecule has 0 spiro atoms. The summed E-state index contributed by atoms with van der Waals surface area (Å²) in [5.74, 6) is 0. The van der Waals surface area contributed by atoms with Gasteiger partial charge in [0.05, 0.1) is 11.4 Å². The lowest BCUT2D eigenvalue weighted by molar-refractivity contribution is 1.10. The molecule has 1 heterocycles. The fourth-order valence-corrected chi connectivity index (χ4v) is 6.61. The predicted octanol–water partition coefficient (Wildman–Crippen LogP) is 12.0. The summed E-state index contributed by atoms with van der Waals surface area (Å²) in [4.78, 5) is 0. The van der Waals surface area contributed by atoms with Crippen molar-refractivity contribution in [2.45, 2.75) is 0 Å². The Morgan fingerprint density at radius 1 is 0.289 bits per heavy atom. The number of hydrogen-bond donors (Lipinski definition) is 0. The molecule has 8 rings (SSSR count). The molecule has 0 N–H and O–H groups in total. The van der Waals surface area contributed by atoms with Crippen molar-refractivity contribution >= 4 is 10.8 Å². The van der Waals surface area contributed by atoms with Gasteiger partial charge in [0, 0.05) is 16.8 Å². The maximum atomic E-state index is 2.47. The van der Waals surface area contributed by atoms with Crippen molar-refractivity contribution in [2.24, 2.45) is 0 Å². The van der Waals surface area contributed by atoms with Crippen LogP contribution in [0.3, 0.4) is 0 Å². The van der Waals surface area contributed by atoms with Gasteiger partial charge in [0.25, 0.3) is 0 Å². The van der Waals surface area contributed by atoms with Gasteiger partial charge in [-0.25, -0.2) is 0 Å². The molecule has 212 valence electrons. The predicted molar refractivity (Wildman–Crippen MR) is 190 cm³/mol. The Morgan fingerprint density at radius 3 is 1.29 bits per heavy atom. The van der Waals surface area contributed by atoms with Crippen LogP contribution >= 0.6 is 0 Å². The summed E-state index contributed by atoms with van der Waals surface area (Å²) in [6.45, 7) is 0. The van der Waals surface area contributed by atoms with E-state index in [0.717, 1.165) is 5.69 Å². The molecular formula is C44H31N. The van der Waals surface area contributed by atoms with Crippen LogP contribution in [0.15, 0.2) is 188 Å². The molecule has 0 amide bonds.